The lowest BCUT2D eigenvalue weighted by Crippen LogP contribution is -2.26. The zero-order valence-electron chi connectivity index (χ0n) is 8.44. The summed E-state index contributed by atoms with van der Waals surface area (Å²) in [6.07, 6.45) is 3.97. The lowest BCUT2D eigenvalue weighted by Gasteiger charge is -2.27. The fourth-order valence-corrected chi connectivity index (χ4v) is 1.36. The van der Waals surface area contributed by atoms with Crippen molar-refractivity contribution in [3.63, 3.8) is 0 Å². The van der Waals surface area contributed by atoms with E-state index in [0.29, 0.717) is 0 Å². The largest absolute Gasteiger partial charge is 0.225 e. The molecule has 0 aliphatic carbocycles. The van der Waals surface area contributed by atoms with Gasteiger partial charge in [0.1, 0.15) is 11.7 Å². The van der Waals surface area contributed by atoms with Crippen molar-refractivity contribution in [2.75, 3.05) is 0 Å². The Labute approximate surface area is 84.1 Å². The molecule has 0 saturated carbocycles. The number of hydrogen-bond donors (Lipinski definition) is 0. The van der Waals surface area contributed by atoms with Crippen LogP contribution in [0.15, 0.2) is 42.5 Å². The molecule has 1 aromatic carbocycles. The molecular weight excluding hydrogens is 176 g/mol. The molecule has 0 N–H and O–H groups in total. The Morgan fingerprint density at radius 2 is 1.86 bits per heavy atom. The van der Waals surface area contributed by atoms with Gasteiger partial charge in [0.25, 0.3) is 0 Å². The summed E-state index contributed by atoms with van der Waals surface area (Å²) in [5.74, 6) is 0. The summed E-state index contributed by atoms with van der Waals surface area (Å²) in [6, 6.07) is 10.0. The van der Waals surface area contributed by atoms with Gasteiger partial charge in [-0.15, -0.1) is 0 Å². The molecule has 1 atom stereocenters. The van der Waals surface area contributed by atoms with Crippen LogP contribution >= 0.6 is 0 Å². The summed E-state index contributed by atoms with van der Waals surface area (Å²) in [5, 5.41) is 0. The minimum atomic E-state index is -0.314. The van der Waals surface area contributed by atoms with Crippen molar-refractivity contribution in [3.05, 3.63) is 48.0 Å². The van der Waals surface area contributed by atoms with Gasteiger partial charge in [0.2, 0.25) is 0 Å². The van der Waals surface area contributed by atoms with Gasteiger partial charge in [-0.1, -0.05) is 36.4 Å². The molecular formula is C12H14O2. The summed E-state index contributed by atoms with van der Waals surface area (Å²) >= 11 is 0. The molecule has 1 aliphatic heterocycles. The van der Waals surface area contributed by atoms with Crippen LogP contribution in [0.3, 0.4) is 0 Å². The van der Waals surface area contributed by atoms with E-state index in [-0.39, 0.29) is 11.7 Å². The van der Waals surface area contributed by atoms with Gasteiger partial charge < -0.3 is 0 Å². The molecule has 74 valence electrons. The molecule has 0 spiro atoms. The highest BCUT2D eigenvalue weighted by Crippen LogP contribution is 2.28. The van der Waals surface area contributed by atoms with Gasteiger partial charge in [-0.3, -0.25) is 0 Å². The molecule has 0 amide bonds. The van der Waals surface area contributed by atoms with Crippen LogP contribution in [0.5, 0.6) is 0 Å². The Hall–Kier alpha value is -1.12. The first-order chi connectivity index (χ1) is 6.67. The molecule has 0 radical (unpaired) electrons. The molecule has 0 aromatic heterocycles. The van der Waals surface area contributed by atoms with Crippen molar-refractivity contribution >= 4 is 0 Å². The monoisotopic (exact) mass is 190 g/mol. The second-order valence-corrected chi connectivity index (χ2v) is 3.97. The molecule has 1 aliphatic rings. The van der Waals surface area contributed by atoms with E-state index in [0.717, 1.165) is 5.56 Å². The summed E-state index contributed by atoms with van der Waals surface area (Å²) < 4.78 is 0. The van der Waals surface area contributed by atoms with Crippen molar-refractivity contribution in [2.45, 2.75) is 25.6 Å². The van der Waals surface area contributed by atoms with E-state index < -0.39 is 0 Å². The van der Waals surface area contributed by atoms with E-state index in [9.17, 15) is 0 Å². The molecule has 0 fully saturated rings. The van der Waals surface area contributed by atoms with Crippen LogP contribution in [0, 0.1) is 0 Å². The van der Waals surface area contributed by atoms with Crippen molar-refractivity contribution in [2.24, 2.45) is 0 Å². The zero-order chi connectivity index (χ0) is 10.0. The normalized spacial score (nSPS) is 24.9. The van der Waals surface area contributed by atoms with Crippen LogP contribution in [0.4, 0.5) is 0 Å². The highest BCUT2D eigenvalue weighted by atomic mass is 17.2. The Morgan fingerprint density at radius 3 is 2.43 bits per heavy atom. The minimum absolute atomic E-state index is 0.0794. The van der Waals surface area contributed by atoms with Crippen LogP contribution in [0.1, 0.15) is 25.5 Å². The molecule has 14 heavy (non-hydrogen) atoms. The van der Waals surface area contributed by atoms with E-state index in [4.69, 9.17) is 9.78 Å². The molecule has 0 bridgehead atoms. The average molecular weight is 190 g/mol. The van der Waals surface area contributed by atoms with E-state index in [1.165, 1.54) is 0 Å². The van der Waals surface area contributed by atoms with Crippen LogP contribution in [-0.2, 0) is 9.78 Å². The van der Waals surface area contributed by atoms with Crippen molar-refractivity contribution in [3.8, 4) is 0 Å². The maximum absolute atomic E-state index is 5.29. The van der Waals surface area contributed by atoms with Crippen molar-refractivity contribution < 1.29 is 9.78 Å². The second-order valence-electron chi connectivity index (χ2n) is 3.97. The lowest BCUT2D eigenvalue weighted by atomic mass is 10.0. The number of hydrogen-bond acceptors (Lipinski definition) is 2. The Bertz CT molecular complexity index is 327. The van der Waals surface area contributed by atoms with Gasteiger partial charge in [-0.05, 0) is 25.5 Å². The minimum Gasteiger partial charge on any atom is -0.225 e. The predicted octanol–water partition coefficient (Wildman–Crippen LogP) is 3.02. The zero-order valence-corrected chi connectivity index (χ0v) is 8.44. The van der Waals surface area contributed by atoms with E-state index in [2.05, 4.69) is 0 Å². The van der Waals surface area contributed by atoms with Crippen molar-refractivity contribution in [1.82, 2.24) is 0 Å². The summed E-state index contributed by atoms with van der Waals surface area (Å²) in [7, 11) is 0. The first kappa shape index (κ1) is 9.44. The van der Waals surface area contributed by atoms with Crippen molar-refractivity contribution in [1.29, 1.82) is 0 Å². The summed E-state index contributed by atoms with van der Waals surface area (Å²) in [6.45, 7) is 3.93. The van der Waals surface area contributed by atoms with Gasteiger partial charge in [0.05, 0.1) is 0 Å². The van der Waals surface area contributed by atoms with Gasteiger partial charge in [-0.2, -0.15) is 0 Å². The maximum atomic E-state index is 5.29. The highest BCUT2D eigenvalue weighted by molar-refractivity contribution is 5.22. The van der Waals surface area contributed by atoms with E-state index in [1.807, 2.05) is 56.3 Å². The van der Waals surface area contributed by atoms with Gasteiger partial charge in [-0.25, -0.2) is 9.78 Å². The third kappa shape index (κ3) is 2.03. The average Bonchev–Trinajstić information content (AvgIpc) is 2.19. The Kier molecular flexibility index (Phi) is 2.40. The third-order valence-electron chi connectivity index (χ3n) is 2.17. The fourth-order valence-electron chi connectivity index (χ4n) is 1.36. The topological polar surface area (TPSA) is 18.5 Å². The van der Waals surface area contributed by atoms with E-state index >= 15 is 0 Å². The SMILES string of the molecule is CC1(C)C=CC(c2ccccc2)OO1. The highest BCUT2D eigenvalue weighted by Gasteiger charge is 2.24. The van der Waals surface area contributed by atoms with Gasteiger partial charge >= 0.3 is 0 Å². The first-order valence-electron chi connectivity index (χ1n) is 4.76. The standard InChI is InChI=1S/C12H14O2/c1-12(2)9-8-11(13-14-12)10-6-4-3-5-7-10/h3-9,11H,1-2H3. The van der Waals surface area contributed by atoms with Crippen LogP contribution < -0.4 is 0 Å². The quantitative estimate of drug-likeness (QED) is 0.500. The fraction of sp³-hybridized carbons (Fsp3) is 0.333. The molecule has 1 aromatic rings. The third-order valence-corrected chi connectivity index (χ3v) is 2.17. The molecule has 1 unspecified atom stereocenters. The second kappa shape index (κ2) is 3.56. The maximum Gasteiger partial charge on any atom is 0.136 e. The summed E-state index contributed by atoms with van der Waals surface area (Å²) in [5.41, 5.74) is 0.796. The van der Waals surface area contributed by atoms with Crippen LogP contribution in [-0.4, -0.2) is 5.60 Å². The van der Waals surface area contributed by atoms with Crippen LogP contribution in [0.2, 0.25) is 0 Å². The predicted molar refractivity (Wildman–Crippen MR) is 54.6 cm³/mol. The first-order valence-corrected chi connectivity index (χ1v) is 4.76. The molecule has 1 heterocycles. The Balaban J connectivity index is 2.17. The van der Waals surface area contributed by atoms with E-state index in [1.54, 1.807) is 0 Å². The summed E-state index contributed by atoms with van der Waals surface area (Å²) in [4.78, 5) is 10.5. The molecule has 2 rings (SSSR count). The molecule has 2 nitrogen and oxygen atoms in total. The molecule has 2 heteroatoms. The smallest absolute Gasteiger partial charge is 0.136 e. The van der Waals surface area contributed by atoms with Gasteiger partial charge in [0, 0.05) is 0 Å². The number of rotatable bonds is 1. The van der Waals surface area contributed by atoms with Gasteiger partial charge in [0.15, 0.2) is 0 Å². The Morgan fingerprint density at radius 1 is 1.14 bits per heavy atom. The lowest BCUT2D eigenvalue weighted by molar-refractivity contribution is -0.367. The van der Waals surface area contributed by atoms with Crippen LogP contribution in [0.25, 0.3) is 0 Å². The molecule has 0 saturated heterocycles. The number of benzene rings is 1.